The van der Waals surface area contributed by atoms with Gasteiger partial charge in [0.15, 0.2) is 0 Å². The van der Waals surface area contributed by atoms with Gasteiger partial charge in [-0.2, -0.15) is 0 Å². The Hall–Kier alpha value is 2.29. The third-order valence-corrected chi connectivity index (χ3v) is 0. The van der Waals surface area contributed by atoms with E-state index < -0.39 is 0 Å². The van der Waals surface area contributed by atoms with E-state index in [1.807, 2.05) is 0 Å². The molecule has 0 N–H and O–H groups in total. The summed E-state index contributed by atoms with van der Waals surface area (Å²) >= 11 is 0. The fraction of sp³-hybridized carbons (Fsp3) is 0. The summed E-state index contributed by atoms with van der Waals surface area (Å²) in [5.74, 6) is 0. The minimum absolute atomic E-state index is 0. The molecule has 0 nitrogen and oxygen atoms in total. The normalized spacial score (nSPS) is 0. The molecule has 0 unspecified atom stereocenters. The molecular formula is Cr3Mo. The van der Waals surface area contributed by atoms with Crippen molar-refractivity contribution in [2.75, 3.05) is 0 Å². The fourth-order valence-corrected chi connectivity index (χ4v) is 0. The van der Waals surface area contributed by atoms with Crippen LogP contribution in [0.1, 0.15) is 0 Å². The monoisotopic (exact) mass is 254 g/mol. The Labute approximate surface area is 72.4 Å². The Morgan fingerprint density at radius 1 is 0.500 bits per heavy atom. The third kappa shape index (κ3) is 8.86. The van der Waals surface area contributed by atoms with Crippen molar-refractivity contribution in [2.45, 2.75) is 0 Å². The van der Waals surface area contributed by atoms with E-state index in [0.29, 0.717) is 0 Å². The van der Waals surface area contributed by atoms with Crippen LogP contribution in [0.15, 0.2) is 0 Å². The van der Waals surface area contributed by atoms with Gasteiger partial charge in [-0.1, -0.05) is 0 Å². The average Bonchev–Trinajstić information content (AvgIpc) is 0. The van der Waals surface area contributed by atoms with Crippen molar-refractivity contribution in [3.05, 3.63) is 0 Å². The van der Waals surface area contributed by atoms with Gasteiger partial charge in [-0.3, -0.25) is 0 Å². The second-order valence-electron chi connectivity index (χ2n) is 0. The Morgan fingerprint density at radius 2 is 0.500 bits per heavy atom. The maximum absolute atomic E-state index is 0. The first-order valence-electron chi connectivity index (χ1n) is 0. The van der Waals surface area contributed by atoms with Crippen molar-refractivity contribution >= 4 is 0 Å². The zero-order valence-corrected chi connectivity index (χ0v) is 7.46. The van der Waals surface area contributed by atoms with Crippen molar-refractivity contribution in [2.24, 2.45) is 0 Å². The van der Waals surface area contributed by atoms with Gasteiger partial charge < -0.3 is 0 Å². The van der Waals surface area contributed by atoms with Crippen LogP contribution in [0.2, 0.25) is 0 Å². The van der Waals surface area contributed by atoms with Gasteiger partial charge in [-0.05, 0) is 0 Å². The molecule has 0 bridgehead atoms. The Kier molecular flexibility index (Phi) is 156. The first-order valence-corrected chi connectivity index (χ1v) is 0. The van der Waals surface area contributed by atoms with E-state index in [9.17, 15) is 0 Å². The van der Waals surface area contributed by atoms with Crippen LogP contribution in [-0.2, 0) is 73.1 Å². The number of rotatable bonds is 0. The maximum Gasteiger partial charge on any atom is 0 e. The zero-order chi connectivity index (χ0) is 0. The molecule has 0 amide bonds. The van der Waals surface area contributed by atoms with Gasteiger partial charge in [0.1, 0.15) is 0 Å². The molecule has 0 atom stereocenters. The van der Waals surface area contributed by atoms with E-state index in [1.165, 1.54) is 0 Å². The van der Waals surface area contributed by atoms with E-state index >= 15 is 0 Å². The van der Waals surface area contributed by atoms with Gasteiger partial charge in [0.25, 0.3) is 0 Å². The van der Waals surface area contributed by atoms with Gasteiger partial charge >= 0.3 is 0 Å². The average molecular weight is 252 g/mol. The summed E-state index contributed by atoms with van der Waals surface area (Å²) in [6.45, 7) is 0. The molecule has 0 aromatic carbocycles. The third-order valence-electron chi connectivity index (χ3n) is 0. The van der Waals surface area contributed by atoms with Crippen molar-refractivity contribution < 1.29 is 73.1 Å². The minimum atomic E-state index is 0. The van der Waals surface area contributed by atoms with Crippen LogP contribution < -0.4 is 0 Å². The van der Waals surface area contributed by atoms with Gasteiger partial charge in [0.05, 0.1) is 0 Å². The second-order valence-corrected chi connectivity index (χ2v) is 0. The minimum Gasteiger partial charge on any atom is 0 e. The van der Waals surface area contributed by atoms with Crippen LogP contribution in [0.5, 0.6) is 0 Å². The molecule has 0 spiro atoms. The quantitative estimate of drug-likeness (QED) is 0.532. The van der Waals surface area contributed by atoms with Crippen molar-refractivity contribution in [3.8, 4) is 0 Å². The topological polar surface area (TPSA) is 0 Å². The number of hydrogen-bond donors (Lipinski definition) is 0. The van der Waals surface area contributed by atoms with E-state index in [-0.39, 0.29) is 73.1 Å². The first kappa shape index (κ1) is 33.6. The molecule has 0 aliphatic carbocycles. The standard InChI is InChI=1S/3Cr.Mo. The van der Waals surface area contributed by atoms with E-state index in [1.54, 1.807) is 0 Å². The largest absolute Gasteiger partial charge is 0 e. The van der Waals surface area contributed by atoms with Crippen molar-refractivity contribution in [3.63, 3.8) is 0 Å². The van der Waals surface area contributed by atoms with Crippen LogP contribution in [0, 0.1) is 0 Å². The van der Waals surface area contributed by atoms with Crippen LogP contribution in [0.3, 0.4) is 0 Å². The molecule has 0 radical (unpaired) electrons. The van der Waals surface area contributed by atoms with Crippen LogP contribution >= 0.6 is 0 Å². The summed E-state index contributed by atoms with van der Waals surface area (Å²) in [4.78, 5) is 0. The van der Waals surface area contributed by atoms with Crippen LogP contribution in [0.25, 0.3) is 0 Å². The summed E-state index contributed by atoms with van der Waals surface area (Å²) in [5, 5.41) is 0. The molecule has 0 fully saturated rings. The molecule has 4 heteroatoms. The molecule has 0 aromatic rings. The molecule has 0 aliphatic heterocycles. The van der Waals surface area contributed by atoms with Crippen LogP contribution in [-0.4, -0.2) is 0 Å². The molecular weight excluding hydrogens is 252 g/mol. The van der Waals surface area contributed by atoms with Crippen molar-refractivity contribution in [1.82, 2.24) is 0 Å². The second kappa shape index (κ2) is 18.6. The molecule has 4 heavy (non-hydrogen) atoms. The molecule has 24 valence electrons. The Bertz CT molecular complexity index is 3.25. The molecule has 0 aromatic heterocycles. The molecule has 0 saturated heterocycles. The smallest absolute Gasteiger partial charge is 0 e. The molecule has 0 rings (SSSR count). The summed E-state index contributed by atoms with van der Waals surface area (Å²) in [6.07, 6.45) is 0. The Balaban J connectivity index is 0. The molecule has 0 saturated carbocycles. The fourth-order valence-electron chi connectivity index (χ4n) is 0. The number of hydrogen-bond acceptors (Lipinski definition) is 0. The van der Waals surface area contributed by atoms with Gasteiger partial charge in [0.2, 0.25) is 0 Å². The van der Waals surface area contributed by atoms with Gasteiger partial charge in [-0.25, -0.2) is 0 Å². The molecule has 0 aliphatic rings. The summed E-state index contributed by atoms with van der Waals surface area (Å²) in [7, 11) is 0. The van der Waals surface area contributed by atoms with E-state index in [0.717, 1.165) is 0 Å². The van der Waals surface area contributed by atoms with E-state index in [4.69, 9.17) is 0 Å². The maximum atomic E-state index is 0. The molecule has 0 heterocycles. The summed E-state index contributed by atoms with van der Waals surface area (Å²) < 4.78 is 0. The Morgan fingerprint density at radius 3 is 0.500 bits per heavy atom. The van der Waals surface area contributed by atoms with Crippen LogP contribution in [0.4, 0.5) is 0 Å². The van der Waals surface area contributed by atoms with Gasteiger partial charge in [0, 0.05) is 73.1 Å². The van der Waals surface area contributed by atoms with Gasteiger partial charge in [-0.15, -0.1) is 0 Å². The van der Waals surface area contributed by atoms with Crippen molar-refractivity contribution in [1.29, 1.82) is 0 Å². The summed E-state index contributed by atoms with van der Waals surface area (Å²) in [5.41, 5.74) is 0. The zero-order valence-electron chi connectivity index (χ0n) is 1.63. The van der Waals surface area contributed by atoms with E-state index in [2.05, 4.69) is 0 Å². The SMILES string of the molecule is [Cr].[Cr].[Cr].[Mo]. The predicted molar refractivity (Wildman–Crippen MR) is 0 cm³/mol. The summed E-state index contributed by atoms with van der Waals surface area (Å²) in [6, 6.07) is 0. The predicted octanol–water partition coefficient (Wildman–Crippen LogP) is -0.0100. The first-order chi connectivity index (χ1) is 0.